The third-order valence-corrected chi connectivity index (χ3v) is 9.81. The molecule has 0 aliphatic carbocycles. The summed E-state index contributed by atoms with van der Waals surface area (Å²) < 4.78 is 7.54. The number of urea groups is 1. The van der Waals surface area contributed by atoms with E-state index < -0.39 is 11.9 Å². The summed E-state index contributed by atoms with van der Waals surface area (Å²) in [6.07, 6.45) is 1.64. The minimum absolute atomic E-state index is 0.0400. The summed E-state index contributed by atoms with van der Waals surface area (Å²) in [5.74, 6) is -0.731. The Morgan fingerprint density at radius 2 is 1.64 bits per heavy atom. The van der Waals surface area contributed by atoms with Crippen LogP contribution in [0.4, 0.5) is 16.2 Å². The number of nitrogens with two attached hydrogens (primary N) is 1. The van der Waals surface area contributed by atoms with E-state index in [1.165, 1.54) is 0 Å². The number of nitrogens with one attached hydrogen (secondary N) is 2. The molecule has 0 aromatic heterocycles. The summed E-state index contributed by atoms with van der Waals surface area (Å²) in [6, 6.07) is 16.7. The molecule has 1 atom stereocenters. The number of likely N-dealkylation sites (tertiary alicyclic amines) is 1. The number of benzene rings is 3. The highest BCUT2D eigenvalue weighted by atomic mass is 79.9. The van der Waals surface area contributed by atoms with Crippen LogP contribution in [-0.4, -0.2) is 71.8 Å². The second-order valence-corrected chi connectivity index (χ2v) is 13.6. The monoisotopic (exact) mass is 803 g/mol. The van der Waals surface area contributed by atoms with Gasteiger partial charge in [0.05, 0.1) is 5.69 Å². The number of carbonyl (C=O) groups excluding carboxylic acids is 4. The Hall–Kier alpha value is -3.42. The number of hydrogen-bond acceptors (Lipinski definition) is 6. The standard InChI is InChI=1S/C32H32Br3N5O5/c33-21-5-7-23(8-6-21)45-18-29(42)37-27(17-28(41)20-15-24(34)30(36)25(35)16-20)31(43)39-12-10-22(11-13-39)40-14-9-19-3-1-2-4-26(19)38-32(40)44/h1-8,15-16,22,27H,9-14,17-18,36H2,(H,37,42)(H,38,44). The highest BCUT2D eigenvalue weighted by Crippen LogP contribution is 2.30. The topological polar surface area (TPSA) is 134 Å². The Bertz CT molecular complexity index is 1570. The van der Waals surface area contributed by atoms with Crippen LogP contribution in [0.3, 0.4) is 0 Å². The first kappa shape index (κ1) is 33.0. The van der Waals surface area contributed by atoms with Crippen molar-refractivity contribution < 1.29 is 23.9 Å². The number of amides is 4. The fourth-order valence-corrected chi connectivity index (χ4v) is 6.97. The lowest BCUT2D eigenvalue weighted by Crippen LogP contribution is -2.55. The molecule has 0 spiro atoms. The zero-order valence-corrected chi connectivity index (χ0v) is 29.0. The Kier molecular flexibility index (Phi) is 10.8. The summed E-state index contributed by atoms with van der Waals surface area (Å²) in [6.45, 7) is 1.02. The number of ether oxygens (including phenoxy) is 1. The first-order valence-electron chi connectivity index (χ1n) is 14.5. The van der Waals surface area contributed by atoms with Gasteiger partial charge in [0.1, 0.15) is 11.8 Å². The maximum atomic E-state index is 13.8. The number of halogens is 3. The lowest BCUT2D eigenvalue weighted by Gasteiger charge is -2.39. The van der Waals surface area contributed by atoms with E-state index in [-0.39, 0.29) is 36.8 Å². The lowest BCUT2D eigenvalue weighted by atomic mass is 9.99. The molecule has 0 bridgehead atoms. The highest BCUT2D eigenvalue weighted by Gasteiger charge is 2.35. The van der Waals surface area contributed by atoms with Gasteiger partial charge in [-0.1, -0.05) is 34.1 Å². The zero-order valence-electron chi connectivity index (χ0n) is 24.2. The first-order valence-corrected chi connectivity index (χ1v) is 16.9. The predicted octanol–water partition coefficient (Wildman–Crippen LogP) is 5.77. The minimum atomic E-state index is -1.11. The van der Waals surface area contributed by atoms with Crippen LogP contribution < -0.4 is 21.1 Å². The average Bonchev–Trinajstić information content (AvgIpc) is 3.20. The molecule has 0 radical (unpaired) electrons. The van der Waals surface area contributed by atoms with Gasteiger partial charge in [0.15, 0.2) is 12.4 Å². The molecule has 10 nitrogen and oxygen atoms in total. The number of anilines is 2. The molecule has 2 heterocycles. The molecule has 45 heavy (non-hydrogen) atoms. The van der Waals surface area contributed by atoms with Crippen LogP contribution >= 0.6 is 47.8 Å². The molecule has 1 saturated heterocycles. The third kappa shape index (κ3) is 8.25. The summed E-state index contributed by atoms with van der Waals surface area (Å²) >= 11 is 10.1. The van der Waals surface area contributed by atoms with Gasteiger partial charge >= 0.3 is 6.03 Å². The van der Waals surface area contributed by atoms with Crippen molar-refractivity contribution in [3.63, 3.8) is 0 Å². The Labute approximate surface area is 286 Å². The molecule has 5 rings (SSSR count). The SMILES string of the molecule is Nc1c(Br)cc(C(=O)CC(NC(=O)COc2ccc(Br)cc2)C(=O)N2CCC(N3CCc4ccccc4NC3=O)CC2)cc1Br. The van der Waals surface area contributed by atoms with E-state index in [0.29, 0.717) is 58.4 Å². The smallest absolute Gasteiger partial charge is 0.322 e. The van der Waals surface area contributed by atoms with Crippen LogP contribution in [0, 0.1) is 0 Å². The number of hydrogen-bond donors (Lipinski definition) is 3. The van der Waals surface area contributed by atoms with E-state index in [1.807, 2.05) is 29.2 Å². The van der Waals surface area contributed by atoms with E-state index in [4.69, 9.17) is 10.5 Å². The molecule has 2 aliphatic rings. The van der Waals surface area contributed by atoms with Crippen molar-refractivity contribution in [2.24, 2.45) is 0 Å². The van der Waals surface area contributed by atoms with E-state index >= 15 is 0 Å². The molecule has 236 valence electrons. The van der Waals surface area contributed by atoms with Crippen molar-refractivity contribution in [3.8, 4) is 5.75 Å². The van der Waals surface area contributed by atoms with Crippen molar-refractivity contribution in [2.75, 3.05) is 37.3 Å². The molecule has 2 aliphatic heterocycles. The predicted molar refractivity (Wildman–Crippen MR) is 182 cm³/mol. The summed E-state index contributed by atoms with van der Waals surface area (Å²) in [7, 11) is 0. The van der Waals surface area contributed by atoms with Crippen molar-refractivity contribution in [3.05, 3.63) is 85.2 Å². The Morgan fingerprint density at radius 1 is 0.978 bits per heavy atom. The highest BCUT2D eigenvalue weighted by molar-refractivity contribution is 9.11. The molecular weight excluding hydrogens is 774 g/mol. The number of carbonyl (C=O) groups is 4. The van der Waals surface area contributed by atoms with Gasteiger partial charge in [-0.2, -0.15) is 0 Å². The van der Waals surface area contributed by atoms with E-state index in [0.717, 1.165) is 22.1 Å². The fourth-order valence-electron chi connectivity index (χ4n) is 5.52. The summed E-state index contributed by atoms with van der Waals surface area (Å²) in [4.78, 5) is 56.7. The second-order valence-electron chi connectivity index (χ2n) is 10.9. The van der Waals surface area contributed by atoms with Crippen LogP contribution in [0.2, 0.25) is 0 Å². The van der Waals surface area contributed by atoms with Crippen LogP contribution in [0.5, 0.6) is 5.75 Å². The maximum Gasteiger partial charge on any atom is 0.322 e. The number of fused-ring (bicyclic) bond motifs is 1. The van der Waals surface area contributed by atoms with Crippen LogP contribution in [-0.2, 0) is 16.0 Å². The van der Waals surface area contributed by atoms with Crippen molar-refractivity contribution >= 4 is 82.8 Å². The van der Waals surface area contributed by atoms with Crippen molar-refractivity contribution in [1.29, 1.82) is 0 Å². The second kappa shape index (κ2) is 14.8. The van der Waals surface area contributed by atoms with Crippen molar-refractivity contribution in [1.82, 2.24) is 15.1 Å². The summed E-state index contributed by atoms with van der Waals surface area (Å²) in [5, 5.41) is 5.74. The van der Waals surface area contributed by atoms with Gasteiger partial charge in [-0.05, 0) is 99.2 Å². The molecule has 1 unspecified atom stereocenters. The quantitative estimate of drug-likeness (QED) is 0.186. The lowest BCUT2D eigenvalue weighted by molar-refractivity contribution is -0.138. The van der Waals surface area contributed by atoms with Gasteiger partial charge in [-0.25, -0.2) is 4.79 Å². The molecule has 0 saturated carbocycles. The van der Waals surface area contributed by atoms with Gasteiger partial charge in [-0.15, -0.1) is 0 Å². The number of rotatable bonds is 9. The third-order valence-electron chi connectivity index (χ3n) is 7.97. The largest absolute Gasteiger partial charge is 0.484 e. The number of ketones is 1. The van der Waals surface area contributed by atoms with Gasteiger partial charge in [0.2, 0.25) is 5.91 Å². The van der Waals surface area contributed by atoms with Gasteiger partial charge in [-0.3, -0.25) is 14.4 Å². The molecule has 3 aromatic carbocycles. The molecule has 13 heteroatoms. The first-order chi connectivity index (χ1) is 21.6. The van der Waals surface area contributed by atoms with Crippen LogP contribution in [0.1, 0.15) is 35.2 Å². The van der Waals surface area contributed by atoms with E-state index in [1.54, 1.807) is 41.3 Å². The molecular formula is C32H32Br3N5O5. The van der Waals surface area contributed by atoms with Gasteiger partial charge in [0.25, 0.3) is 5.91 Å². The number of piperidine rings is 1. The normalized spacial score (nSPS) is 15.8. The van der Waals surface area contributed by atoms with Gasteiger partial charge in [0, 0.05) is 56.8 Å². The summed E-state index contributed by atoms with van der Waals surface area (Å²) in [5.41, 5.74) is 8.69. The van der Waals surface area contributed by atoms with E-state index in [9.17, 15) is 19.2 Å². The molecule has 4 N–H and O–H groups in total. The Balaban J connectivity index is 1.25. The minimum Gasteiger partial charge on any atom is -0.484 e. The Morgan fingerprint density at radius 3 is 2.33 bits per heavy atom. The van der Waals surface area contributed by atoms with Crippen LogP contribution in [0.25, 0.3) is 0 Å². The van der Waals surface area contributed by atoms with Gasteiger partial charge < -0.3 is 30.9 Å². The number of Topliss-reactive ketones (excluding diaryl/α,β-unsaturated/α-hetero) is 1. The fraction of sp³-hybridized carbons (Fsp3) is 0.312. The van der Waals surface area contributed by atoms with E-state index in [2.05, 4.69) is 58.4 Å². The van der Waals surface area contributed by atoms with Crippen molar-refractivity contribution in [2.45, 2.75) is 37.8 Å². The maximum absolute atomic E-state index is 13.8. The number of nitrogen functional groups attached to an aromatic ring is 1. The van der Waals surface area contributed by atoms with Crippen LogP contribution in [0.15, 0.2) is 74.1 Å². The molecule has 3 aromatic rings. The molecule has 1 fully saturated rings. The average molecular weight is 806 g/mol. The number of nitrogens with zero attached hydrogens (tertiary/aromatic N) is 2. The molecule has 4 amide bonds. The number of para-hydroxylation sites is 1. The zero-order chi connectivity index (χ0) is 32.1.